The monoisotopic (exact) mass is 596 g/mol. The number of benzene rings is 9. The average Bonchev–Trinajstić information content (AvgIpc) is 3.53. The lowest BCUT2D eigenvalue weighted by atomic mass is 9.84. The molecule has 0 aliphatic carbocycles. The molecule has 47 heavy (non-hydrogen) atoms. The van der Waals surface area contributed by atoms with Gasteiger partial charge in [0.1, 0.15) is 11.2 Å². The van der Waals surface area contributed by atoms with Crippen LogP contribution in [-0.2, 0) is 0 Å². The van der Waals surface area contributed by atoms with Gasteiger partial charge in [-0.05, 0) is 88.6 Å². The molecule has 0 amide bonds. The van der Waals surface area contributed by atoms with E-state index in [0.29, 0.717) is 0 Å². The third kappa shape index (κ3) is 3.84. The molecule has 0 aliphatic rings. The van der Waals surface area contributed by atoms with Crippen molar-refractivity contribution in [3.8, 4) is 33.4 Å². The van der Waals surface area contributed by atoms with Gasteiger partial charge in [0.15, 0.2) is 0 Å². The number of hydrogen-bond donors (Lipinski definition) is 0. The van der Waals surface area contributed by atoms with E-state index in [1.165, 1.54) is 87.2 Å². The Morgan fingerprint density at radius 1 is 0.277 bits per heavy atom. The second-order valence-electron chi connectivity index (χ2n) is 12.4. The first-order valence-electron chi connectivity index (χ1n) is 16.2. The van der Waals surface area contributed by atoms with Gasteiger partial charge < -0.3 is 4.42 Å². The summed E-state index contributed by atoms with van der Waals surface area (Å²) >= 11 is 0. The van der Waals surface area contributed by atoms with Gasteiger partial charge in [-0.15, -0.1) is 0 Å². The van der Waals surface area contributed by atoms with E-state index in [1.807, 2.05) is 0 Å². The summed E-state index contributed by atoms with van der Waals surface area (Å²) in [7, 11) is 0. The fourth-order valence-electron chi connectivity index (χ4n) is 7.91. The van der Waals surface area contributed by atoms with Crippen molar-refractivity contribution in [2.24, 2.45) is 0 Å². The second-order valence-corrected chi connectivity index (χ2v) is 12.4. The number of hydrogen-bond acceptors (Lipinski definition) is 1. The van der Waals surface area contributed by atoms with E-state index in [9.17, 15) is 0 Å². The molecule has 10 rings (SSSR count). The highest BCUT2D eigenvalue weighted by Gasteiger charge is 2.20. The van der Waals surface area contributed by atoms with Crippen LogP contribution in [0.25, 0.3) is 98.4 Å². The molecule has 1 heterocycles. The van der Waals surface area contributed by atoms with Gasteiger partial charge in [0.05, 0.1) is 0 Å². The quantitative estimate of drug-likeness (QED) is 0.185. The largest absolute Gasteiger partial charge is 0.456 e. The standard InChI is InChI=1S/C46H28O/c1-2-14-30(15-3-1)43-37-17-6-8-19-39(37)44(40-20-9-7-18-38(40)43)35-24-11-21-32-33(35)22-10-23-34(32)36-25-12-26-41-46(36)45-31-16-5-4-13-29(31)27-28-42(45)47-41/h1-28H. The molecule has 0 atom stereocenters. The first kappa shape index (κ1) is 26.1. The molecule has 0 radical (unpaired) electrons. The lowest BCUT2D eigenvalue weighted by Crippen LogP contribution is -1.92. The molecule has 1 nitrogen and oxygen atoms in total. The predicted molar refractivity (Wildman–Crippen MR) is 200 cm³/mol. The minimum absolute atomic E-state index is 0.912. The van der Waals surface area contributed by atoms with Gasteiger partial charge in [-0.3, -0.25) is 0 Å². The number of rotatable bonds is 3. The molecule has 0 unspecified atom stereocenters. The van der Waals surface area contributed by atoms with Crippen molar-refractivity contribution in [2.45, 2.75) is 0 Å². The van der Waals surface area contributed by atoms with Crippen LogP contribution in [-0.4, -0.2) is 0 Å². The Labute approximate surface area is 271 Å². The Balaban J connectivity index is 1.30. The fraction of sp³-hybridized carbons (Fsp3) is 0. The van der Waals surface area contributed by atoms with E-state index in [2.05, 4.69) is 170 Å². The Morgan fingerprint density at radius 2 is 0.787 bits per heavy atom. The highest BCUT2D eigenvalue weighted by atomic mass is 16.3. The Kier molecular flexibility index (Phi) is 5.64. The van der Waals surface area contributed by atoms with Gasteiger partial charge in [0, 0.05) is 10.8 Å². The first-order valence-corrected chi connectivity index (χ1v) is 16.2. The zero-order valence-electron chi connectivity index (χ0n) is 25.6. The van der Waals surface area contributed by atoms with E-state index in [0.717, 1.165) is 11.2 Å². The highest BCUT2D eigenvalue weighted by molar-refractivity contribution is 6.26. The van der Waals surface area contributed by atoms with Crippen molar-refractivity contribution >= 4 is 65.0 Å². The third-order valence-electron chi connectivity index (χ3n) is 9.86. The smallest absolute Gasteiger partial charge is 0.136 e. The van der Waals surface area contributed by atoms with Crippen LogP contribution in [0.2, 0.25) is 0 Å². The Morgan fingerprint density at radius 3 is 1.51 bits per heavy atom. The normalized spacial score (nSPS) is 11.8. The molecule has 0 saturated carbocycles. The van der Waals surface area contributed by atoms with Gasteiger partial charge in [-0.2, -0.15) is 0 Å². The van der Waals surface area contributed by atoms with Crippen molar-refractivity contribution in [3.05, 3.63) is 170 Å². The van der Waals surface area contributed by atoms with Crippen LogP contribution < -0.4 is 0 Å². The van der Waals surface area contributed by atoms with E-state index in [4.69, 9.17) is 4.42 Å². The van der Waals surface area contributed by atoms with Crippen molar-refractivity contribution in [3.63, 3.8) is 0 Å². The highest BCUT2D eigenvalue weighted by Crippen LogP contribution is 2.47. The molecule has 1 heteroatoms. The molecular formula is C46H28O. The molecular weight excluding hydrogens is 569 g/mol. The SMILES string of the molecule is c1ccc(-c2c3ccccc3c(-c3cccc4c(-c5cccc6oc7ccc8ccccc8c7c56)cccc34)c3ccccc23)cc1. The summed E-state index contributed by atoms with van der Waals surface area (Å²) in [5, 5.41) is 12.3. The van der Waals surface area contributed by atoms with Crippen molar-refractivity contribution < 1.29 is 4.42 Å². The van der Waals surface area contributed by atoms with Crippen molar-refractivity contribution in [1.82, 2.24) is 0 Å². The van der Waals surface area contributed by atoms with Crippen LogP contribution >= 0.6 is 0 Å². The molecule has 9 aromatic carbocycles. The van der Waals surface area contributed by atoms with Crippen LogP contribution in [0.4, 0.5) is 0 Å². The molecule has 10 aromatic rings. The summed E-state index contributed by atoms with van der Waals surface area (Å²) in [6.07, 6.45) is 0. The molecule has 0 bridgehead atoms. The van der Waals surface area contributed by atoms with Crippen LogP contribution in [0, 0.1) is 0 Å². The number of furan rings is 1. The minimum atomic E-state index is 0.912. The fourth-order valence-corrected chi connectivity index (χ4v) is 7.91. The summed E-state index contributed by atoms with van der Waals surface area (Å²) < 4.78 is 6.47. The van der Waals surface area contributed by atoms with Gasteiger partial charge >= 0.3 is 0 Å². The maximum absolute atomic E-state index is 6.47. The maximum Gasteiger partial charge on any atom is 0.136 e. The first-order chi connectivity index (χ1) is 23.3. The topological polar surface area (TPSA) is 13.1 Å². The van der Waals surface area contributed by atoms with Crippen LogP contribution in [0.3, 0.4) is 0 Å². The summed E-state index contributed by atoms with van der Waals surface area (Å²) in [4.78, 5) is 0. The molecule has 0 spiro atoms. The molecule has 0 N–H and O–H groups in total. The summed E-state index contributed by atoms with van der Waals surface area (Å²) in [5.41, 5.74) is 9.27. The molecule has 0 saturated heterocycles. The van der Waals surface area contributed by atoms with E-state index in [1.54, 1.807) is 0 Å². The third-order valence-corrected chi connectivity index (χ3v) is 9.86. The van der Waals surface area contributed by atoms with E-state index < -0.39 is 0 Å². The van der Waals surface area contributed by atoms with Crippen LogP contribution in [0.15, 0.2) is 174 Å². The molecule has 0 aliphatic heterocycles. The Hall–Kier alpha value is -6.18. The number of fused-ring (bicyclic) bond motifs is 8. The van der Waals surface area contributed by atoms with E-state index in [-0.39, 0.29) is 0 Å². The van der Waals surface area contributed by atoms with Crippen LogP contribution in [0.5, 0.6) is 0 Å². The lowest BCUT2D eigenvalue weighted by molar-refractivity contribution is 0.669. The maximum atomic E-state index is 6.47. The van der Waals surface area contributed by atoms with Crippen LogP contribution in [0.1, 0.15) is 0 Å². The van der Waals surface area contributed by atoms with E-state index >= 15 is 0 Å². The molecule has 218 valence electrons. The zero-order valence-corrected chi connectivity index (χ0v) is 25.6. The van der Waals surface area contributed by atoms with Crippen molar-refractivity contribution in [2.75, 3.05) is 0 Å². The summed E-state index contributed by atoms with van der Waals surface area (Å²) in [5.74, 6) is 0. The Bertz CT molecular complexity index is 2780. The van der Waals surface area contributed by atoms with Gasteiger partial charge in [-0.1, -0.05) is 158 Å². The predicted octanol–water partition coefficient (Wildman–Crippen LogP) is 13.2. The van der Waals surface area contributed by atoms with Gasteiger partial charge in [0.2, 0.25) is 0 Å². The molecule has 1 aromatic heterocycles. The second kappa shape index (κ2) is 10.2. The van der Waals surface area contributed by atoms with Gasteiger partial charge in [0.25, 0.3) is 0 Å². The minimum Gasteiger partial charge on any atom is -0.456 e. The molecule has 0 fully saturated rings. The van der Waals surface area contributed by atoms with Crippen molar-refractivity contribution in [1.29, 1.82) is 0 Å². The summed E-state index contributed by atoms with van der Waals surface area (Å²) in [6.45, 7) is 0. The lowest BCUT2D eigenvalue weighted by Gasteiger charge is -2.19. The summed E-state index contributed by atoms with van der Waals surface area (Å²) in [6, 6.07) is 61.5. The average molecular weight is 597 g/mol. The zero-order chi connectivity index (χ0) is 30.9. The van der Waals surface area contributed by atoms with Gasteiger partial charge in [-0.25, -0.2) is 0 Å².